The van der Waals surface area contributed by atoms with Crippen molar-refractivity contribution in [2.75, 3.05) is 24.9 Å². The Morgan fingerprint density at radius 1 is 0.857 bits per heavy atom. The van der Waals surface area contributed by atoms with Gasteiger partial charge >= 0.3 is 0 Å². The number of ether oxygens (including phenoxy) is 2. The van der Waals surface area contributed by atoms with Crippen molar-refractivity contribution in [2.24, 2.45) is 0 Å². The molecule has 35 heavy (non-hydrogen) atoms. The average Bonchev–Trinajstić information content (AvgIpc) is 3.24. The SMILES string of the molecule is COc1ccc(OC)c(C2CC(=O)C3=C(C2)Nc2ccccc2NC3c2c[nH]c3ccccc23)c1. The fraction of sp³-hybridized carbons (Fsp3) is 0.207. The van der Waals surface area contributed by atoms with E-state index < -0.39 is 0 Å². The highest BCUT2D eigenvalue weighted by Gasteiger charge is 2.37. The third-order valence-electron chi connectivity index (χ3n) is 7.12. The van der Waals surface area contributed by atoms with Gasteiger partial charge in [0.05, 0.1) is 31.6 Å². The minimum absolute atomic E-state index is 0.0207. The molecule has 1 aromatic heterocycles. The topological polar surface area (TPSA) is 75.4 Å². The third-order valence-corrected chi connectivity index (χ3v) is 7.12. The number of nitrogens with one attached hydrogen (secondary N) is 3. The molecular weight excluding hydrogens is 438 g/mol. The molecule has 3 aromatic carbocycles. The monoisotopic (exact) mass is 465 g/mol. The maximum Gasteiger partial charge on any atom is 0.163 e. The van der Waals surface area contributed by atoms with Crippen molar-refractivity contribution in [1.29, 1.82) is 0 Å². The lowest BCUT2D eigenvalue weighted by molar-refractivity contribution is -0.116. The first-order valence-corrected chi connectivity index (χ1v) is 11.8. The number of para-hydroxylation sites is 3. The molecule has 2 unspecified atom stereocenters. The number of carbonyl (C=O) groups is 1. The van der Waals surface area contributed by atoms with Crippen molar-refractivity contribution in [1.82, 2.24) is 4.98 Å². The number of Topliss-reactive ketones (excluding diaryl/α,β-unsaturated/α-hetero) is 1. The molecule has 2 heterocycles. The highest BCUT2D eigenvalue weighted by molar-refractivity contribution is 6.02. The van der Waals surface area contributed by atoms with Gasteiger partial charge in [0.25, 0.3) is 0 Å². The van der Waals surface area contributed by atoms with Crippen LogP contribution in [0.5, 0.6) is 11.5 Å². The predicted octanol–water partition coefficient (Wildman–Crippen LogP) is 6.16. The van der Waals surface area contributed by atoms with Gasteiger partial charge in [0.2, 0.25) is 0 Å². The molecule has 0 spiro atoms. The highest BCUT2D eigenvalue weighted by Crippen LogP contribution is 2.47. The van der Waals surface area contributed by atoms with E-state index in [0.717, 1.165) is 56.2 Å². The number of aromatic amines is 1. The van der Waals surface area contributed by atoms with Gasteiger partial charge in [-0.05, 0) is 42.8 Å². The van der Waals surface area contributed by atoms with Gasteiger partial charge in [0.15, 0.2) is 5.78 Å². The smallest absolute Gasteiger partial charge is 0.163 e. The fourth-order valence-electron chi connectivity index (χ4n) is 5.44. The van der Waals surface area contributed by atoms with Gasteiger partial charge in [-0.3, -0.25) is 4.79 Å². The first-order valence-electron chi connectivity index (χ1n) is 11.8. The number of aromatic nitrogens is 1. The van der Waals surface area contributed by atoms with Crippen molar-refractivity contribution in [3.05, 3.63) is 95.3 Å². The van der Waals surface area contributed by atoms with Gasteiger partial charge < -0.3 is 25.1 Å². The zero-order valence-corrected chi connectivity index (χ0v) is 19.7. The molecule has 1 aliphatic heterocycles. The van der Waals surface area contributed by atoms with Gasteiger partial charge in [0, 0.05) is 51.8 Å². The number of hydrogen-bond donors (Lipinski definition) is 3. The summed E-state index contributed by atoms with van der Waals surface area (Å²) >= 11 is 0. The number of ketones is 1. The molecule has 0 amide bonds. The van der Waals surface area contributed by atoms with E-state index in [-0.39, 0.29) is 17.7 Å². The van der Waals surface area contributed by atoms with E-state index in [1.807, 2.05) is 54.7 Å². The molecule has 3 N–H and O–H groups in total. The molecule has 0 saturated carbocycles. The number of fused-ring (bicyclic) bond motifs is 2. The van der Waals surface area contributed by atoms with Gasteiger partial charge in [-0.25, -0.2) is 0 Å². The standard InChI is InChI=1S/C29H27N3O3/c1-34-18-11-12-27(35-2)20(15-18)17-13-25-28(26(33)14-17)29(32-24-10-6-5-9-23(24)31-25)21-16-30-22-8-4-3-7-19(21)22/h3-12,15-17,29-32H,13-14H2,1-2H3. The lowest BCUT2D eigenvalue weighted by atomic mass is 9.78. The molecule has 0 fully saturated rings. The number of H-pyrrole nitrogens is 1. The van der Waals surface area contributed by atoms with Crippen LogP contribution in [-0.2, 0) is 4.79 Å². The van der Waals surface area contributed by atoms with E-state index in [1.165, 1.54) is 0 Å². The Hall–Kier alpha value is -4.19. The summed E-state index contributed by atoms with van der Waals surface area (Å²) in [6, 6.07) is 21.8. The molecule has 6 nitrogen and oxygen atoms in total. The molecule has 0 saturated heterocycles. The normalized spacial score (nSPS) is 19.3. The molecule has 0 bridgehead atoms. The summed E-state index contributed by atoms with van der Waals surface area (Å²) in [6.45, 7) is 0. The molecule has 176 valence electrons. The second kappa shape index (κ2) is 8.55. The second-order valence-electron chi connectivity index (χ2n) is 9.07. The lowest BCUT2D eigenvalue weighted by Gasteiger charge is -2.30. The van der Waals surface area contributed by atoms with E-state index in [9.17, 15) is 4.79 Å². The van der Waals surface area contributed by atoms with Crippen LogP contribution in [0.15, 0.2) is 84.2 Å². The average molecular weight is 466 g/mol. The summed E-state index contributed by atoms with van der Waals surface area (Å²) in [6.07, 6.45) is 3.12. The first-order chi connectivity index (χ1) is 17.2. The van der Waals surface area contributed by atoms with Gasteiger partial charge in [-0.1, -0.05) is 30.3 Å². The van der Waals surface area contributed by atoms with Crippen molar-refractivity contribution < 1.29 is 14.3 Å². The molecule has 4 aromatic rings. The molecule has 2 aliphatic rings. The Labute approximate surface area is 204 Å². The summed E-state index contributed by atoms with van der Waals surface area (Å²) in [5, 5.41) is 8.40. The Morgan fingerprint density at radius 3 is 2.49 bits per heavy atom. The summed E-state index contributed by atoms with van der Waals surface area (Å²) < 4.78 is 11.1. The first kappa shape index (κ1) is 21.4. The molecular formula is C29H27N3O3. The van der Waals surface area contributed by atoms with Crippen molar-refractivity contribution >= 4 is 28.1 Å². The molecule has 2 atom stereocenters. The number of benzene rings is 3. The summed E-state index contributed by atoms with van der Waals surface area (Å²) in [4.78, 5) is 17.3. The zero-order valence-electron chi connectivity index (χ0n) is 19.7. The number of rotatable bonds is 4. The largest absolute Gasteiger partial charge is 0.497 e. The Bertz CT molecular complexity index is 1470. The van der Waals surface area contributed by atoms with E-state index in [1.54, 1.807) is 14.2 Å². The molecule has 1 aliphatic carbocycles. The minimum atomic E-state index is -0.266. The fourth-order valence-corrected chi connectivity index (χ4v) is 5.44. The van der Waals surface area contributed by atoms with Crippen molar-refractivity contribution in [3.8, 4) is 11.5 Å². The molecule has 6 heteroatoms. The summed E-state index contributed by atoms with van der Waals surface area (Å²) in [5.74, 6) is 1.63. The van der Waals surface area contributed by atoms with Crippen molar-refractivity contribution in [2.45, 2.75) is 24.8 Å². The number of hydrogen-bond acceptors (Lipinski definition) is 5. The van der Waals surface area contributed by atoms with Crippen molar-refractivity contribution in [3.63, 3.8) is 0 Å². The van der Waals surface area contributed by atoms with Crippen LogP contribution in [0, 0.1) is 0 Å². The highest BCUT2D eigenvalue weighted by atomic mass is 16.5. The maximum atomic E-state index is 13.9. The number of carbonyl (C=O) groups excluding carboxylic acids is 1. The Morgan fingerprint density at radius 2 is 1.66 bits per heavy atom. The van der Waals surface area contributed by atoms with Crippen LogP contribution in [-0.4, -0.2) is 25.0 Å². The number of methoxy groups -OCH3 is 2. The van der Waals surface area contributed by atoms with E-state index in [4.69, 9.17) is 9.47 Å². The zero-order chi connectivity index (χ0) is 23.9. The van der Waals surface area contributed by atoms with E-state index in [2.05, 4.69) is 33.8 Å². The second-order valence-corrected chi connectivity index (χ2v) is 9.07. The van der Waals surface area contributed by atoms with E-state index in [0.29, 0.717) is 12.8 Å². The van der Waals surface area contributed by atoms with Crippen LogP contribution in [0.25, 0.3) is 10.9 Å². The molecule has 6 rings (SSSR count). The quantitative estimate of drug-likeness (QED) is 0.336. The van der Waals surface area contributed by atoms with Crippen LogP contribution < -0.4 is 20.1 Å². The summed E-state index contributed by atoms with van der Waals surface area (Å²) in [7, 11) is 3.32. The summed E-state index contributed by atoms with van der Waals surface area (Å²) in [5.41, 5.74) is 6.79. The van der Waals surface area contributed by atoms with Crippen LogP contribution in [0.1, 0.15) is 35.9 Å². The van der Waals surface area contributed by atoms with Crippen LogP contribution in [0.4, 0.5) is 11.4 Å². The van der Waals surface area contributed by atoms with Gasteiger partial charge in [-0.15, -0.1) is 0 Å². The predicted molar refractivity (Wildman–Crippen MR) is 138 cm³/mol. The van der Waals surface area contributed by atoms with Crippen LogP contribution in [0.3, 0.4) is 0 Å². The van der Waals surface area contributed by atoms with Gasteiger partial charge in [0.1, 0.15) is 11.5 Å². The number of allylic oxidation sites excluding steroid dienone is 1. The minimum Gasteiger partial charge on any atom is -0.497 e. The van der Waals surface area contributed by atoms with Crippen LogP contribution in [0.2, 0.25) is 0 Å². The maximum absolute atomic E-state index is 13.9. The number of anilines is 2. The van der Waals surface area contributed by atoms with E-state index >= 15 is 0 Å². The lowest BCUT2D eigenvalue weighted by Crippen LogP contribution is -2.27. The molecule has 0 radical (unpaired) electrons. The van der Waals surface area contributed by atoms with Gasteiger partial charge in [-0.2, -0.15) is 0 Å². The van der Waals surface area contributed by atoms with Crippen LogP contribution >= 0.6 is 0 Å². The Kier molecular flexibility index (Phi) is 5.21. The third kappa shape index (κ3) is 3.62. The Balaban J connectivity index is 1.49.